The van der Waals surface area contributed by atoms with Gasteiger partial charge in [-0.3, -0.25) is 0 Å². The molecule has 0 aliphatic rings. The van der Waals surface area contributed by atoms with Crippen molar-refractivity contribution in [2.75, 3.05) is 0 Å². The molecule has 0 aliphatic carbocycles. The van der Waals surface area contributed by atoms with E-state index in [1.165, 1.54) is 0 Å². The molecule has 7 heteroatoms. The Hall–Kier alpha value is -0.593. The molecule has 0 spiro atoms. The highest BCUT2D eigenvalue weighted by atomic mass is 28.2. The van der Waals surface area contributed by atoms with E-state index in [4.69, 9.17) is 0 Å². The minimum atomic E-state index is -5.28. The fourth-order valence-corrected chi connectivity index (χ4v) is 0.380. The summed E-state index contributed by atoms with van der Waals surface area (Å²) >= 11 is 0. The van der Waals surface area contributed by atoms with Crippen LogP contribution in [0.25, 0.3) is 0 Å². The first-order chi connectivity index (χ1) is 4.39. The lowest BCUT2D eigenvalue weighted by Crippen LogP contribution is -2.10. The van der Waals surface area contributed by atoms with Gasteiger partial charge in [-0.2, -0.15) is 22.0 Å². The Morgan fingerprint density at radius 3 is 1.70 bits per heavy atom. The smallest absolute Gasteiger partial charge is 0.449 e. The largest absolute Gasteiger partial charge is 0.532 e. The van der Waals surface area contributed by atoms with Crippen LogP contribution in [0.2, 0.25) is 0 Å². The molecule has 0 saturated heterocycles. The van der Waals surface area contributed by atoms with Crippen molar-refractivity contribution in [2.24, 2.45) is 0 Å². The maximum Gasteiger partial charge on any atom is 0.449 e. The minimum absolute atomic E-state index is 0.318. The summed E-state index contributed by atoms with van der Waals surface area (Å²) in [7, 11) is -0.318. The number of hydrogen-bond acceptors (Lipinski definition) is 1. The molecule has 10 heavy (non-hydrogen) atoms. The second kappa shape index (κ2) is 3.00. The average molecular weight is 178 g/mol. The predicted molar refractivity (Wildman–Crippen MR) is 26.3 cm³/mol. The zero-order valence-electron chi connectivity index (χ0n) is 4.80. The van der Waals surface area contributed by atoms with E-state index >= 15 is 0 Å². The Balaban J connectivity index is 4.47. The topological polar surface area (TPSA) is 9.23 Å². The monoisotopic (exact) mass is 178 g/mol. The summed E-state index contributed by atoms with van der Waals surface area (Å²) in [4.78, 5) is 0. The lowest BCUT2D eigenvalue weighted by atomic mass is 10.6. The number of allylic oxidation sites excluding steroid dienone is 1. The molecule has 0 aromatic rings. The van der Waals surface area contributed by atoms with Gasteiger partial charge in [-0.25, -0.2) is 0 Å². The summed E-state index contributed by atoms with van der Waals surface area (Å²) in [6.07, 6.45) is -5.28. The van der Waals surface area contributed by atoms with E-state index < -0.39 is 18.0 Å². The molecule has 0 radical (unpaired) electrons. The predicted octanol–water partition coefficient (Wildman–Crippen LogP) is 0.954. The van der Waals surface area contributed by atoms with Gasteiger partial charge in [-0.1, -0.05) is 0 Å². The molecule has 0 bridgehead atoms. The van der Waals surface area contributed by atoms with Gasteiger partial charge in [0.2, 0.25) is 10.5 Å². The van der Waals surface area contributed by atoms with Gasteiger partial charge in [0.1, 0.15) is 0 Å². The molecule has 1 nitrogen and oxygen atoms in total. The van der Waals surface area contributed by atoms with Crippen LogP contribution < -0.4 is 0 Å². The molecule has 0 unspecified atom stereocenters. The zero-order valence-corrected chi connectivity index (χ0v) is 6.80. The molecule has 0 N–H and O–H groups in total. The molecule has 0 aliphatic heterocycles. The van der Waals surface area contributed by atoms with Crippen molar-refractivity contribution < 1.29 is 26.4 Å². The molecule has 0 heterocycles. The van der Waals surface area contributed by atoms with Crippen LogP contribution in [0.4, 0.5) is 22.0 Å². The number of alkyl halides is 3. The summed E-state index contributed by atoms with van der Waals surface area (Å²) < 4.78 is 60.1. The first-order valence-corrected chi connectivity index (χ1v) is 2.87. The first kappa shape index (κ1) is 9.41. The van der Waals surface area contributed by atoms with Gasteiger partial charge in [0.15, 0.2) is 0 Å². The van der Waals surface area contributed by atoms with E-state index in [0.717, 1.165) is 0 Å². The van der Waals surface area contributed by atoms with E-state index in [9.17, 15) is 22.0 Å². The van der Waals surface area contributed by atoms with E-state index in [2.05, 4.69) is 4.43 Å². The third kappa shape index (κ3) is 2.34. The lowest BCUT2D eigenvalue weighted by Gasteiger charge is -2.03. The van der Waals surface area contributed by atoms with Gasteiger partial charge in [0, 0.05) is 0 Å². The van der Waals surface area contributed by atoms with Crippen LogP contribution in [0.15, 0.2) is 11.8 Å². The fourth-order valence-electron chi connectivity index (χ4n) is 0.201. The van der Waals surface area contributed by atoms with E-state index in [1.54, 1.807) is 0 Å². The Bertz CT molecular complexity index is 149. The van der Waals surface area contributed by atoms with Crippen LogP contribution in [0.5, 0.6) is 0 Å². The van der Waals surface area contributed by atoms with Gasteiger partial charge in [-0.05, 0) is 0 Å². The molecule has 0 amide bonds. The van der Waals surface area contributed by atoms with Crippen molar-refractivity contribution in [2.45, 2.75) is 6.18 Å². The maximum absolute atomic E-state index is 11.6. The molecule has 0 aromatic carbocycles. The Morgan fingerprint density at radius 2 is 1.60 bits per heavy atom. The maximum atomic E-state index is 11.6. The number of rotatable bonds is 1. The summed E-state index contributed by atoms with van der Waals surface area (Å²) in [6, 6.07) is -2.20. The molecule has 0 saturated carbocycles. The third-order valence-electron chi connectivity index (χ3n) is 0.601. The highest BCUT2D eigenvalue weighted by Crippen LogP contribution is 2.29. The molecule has 0 fully saturated rings. The minimum Gasteiger partial charge on any atom is -0.532 e. The van der Waals surface area contributed by atoms with Crippen molar-refractivity contribution in [3.63, 3.8) is 0 Å². The van der Waals surface area contributed by atoms with Gasteiger partial charge < -0.3 is 4.43 Å². The lowest BCUT2D eigenvalue weighted by molar-refractivity contribution is -0.114. The second-order valence-corrected chi connectivity index (χ2v) is 1.70. The average Bonchev–Trinajstić information content (AvgIpc) is 1.83. The SMILES string of the molecule is FC(O[SiH3])=C(F)C(F)(F)F. The van der Waals surface area contributed by atoms with Crippen LogP contribution in [-0.4, -0.2) is 16.7 Å². The van der Waals surface area contributed by atoms with Gasteiger partial charge in [-0.15, -0.1) is 0 Å². The number of hydrogen-bond donors (Lipinski definition) is 0. The van der Waals surface area contributed by atoms with Crippen LogP contribution in [0, 0.1) is 0 Å². The summed E-state index contributed by atoms with van der Waals surface area (Å²) in [5.41, 5.74) is 0. The Kier molecular flexibility index (Phi) is 2.82. The second-order valence-electron chi connectivity index (χ2n) is 1.29. The van der Waals surface area contributed by atoms with Gasteiger partial charge >= 0.3 is 6.18 Å². The van der Waals surface area contributed by atoms with Crippen molar-refractivity contribution in [3.05, 3.63) is 11.8 Å². The molecular formula is C3H3F5OSi. The van der Waals surface area contributed by atoms with Crippen LogP contribution in [0.1, 0.15) is 0 Å². The number of halogens is 5. The first-order valence-electron chi connectivity index (χ1n) is 2.06. The highest BCUT2D eigenvalue weighted by Gasteiger charge is 2.38. The Labute approximate surface area is 56.0 Å². The Morgan fingerprint density at radius 1 is 1.20 bits per heavy atom. The quantitative estimate of drug-likeness (QED) is 0.330. The summed E-state index contributed by atoms with van der Waals surface area (Å²) in [6.45, 7) is 0. The molecule has 0 atom stereocenters. The fraction of sp³-hybridized carbons (Fsp3) is 0.333. The van der Waals surface area contributed by atoms with Crippen LogP contribution >= 0.6 is 0 Å². The molecule has 0 aromatic heterocycles. The third-order valence-corrected chi connectivity index (χ3v) is 0.959. The van der Waals surface area contributed by atoms with Crippen molar-refractivity contribution >= 4 is 10.5 Å². The van der Waals surface area contributed by atoms with Crippen molar-refractivity contribution in [1.82, 2.24) is 0 Å². The standard InChI is InChI=1S/C3H3F5OSi/c4-1(2(5)9-10)3(6,7)8/h10H3. The normalized spacial score (nSPS) is 14.9. The zero-order chi connectivity index (χ0) is 8.36. The summed E-state index contributed by atoms with van der Waals surface area (Å²) in [5.74, 6) is -2.82. The highest BCUT2D eigenvalue weighted by molar-refractivity contribution is 5.98. The molecule has 60 valence electrons. The molecule has 0 rings (SSSR count). The summed E-state index contributed by atoms with van der Waals surface area (Å²) in [5, 5.41) is 0. The van der Waals surface area contributed by atoms with Gasteiger partial charge in [0.05, 0.1) is 0 Å². The van der Waals surface area contributed by atoms with Crippen LogP contribution in [-0.2, 0) is 4.43 Å². The van der Waals surface area contributed by atoms with E-state index in [1.807, 2.05) is 0 Å². The van der Waals surface area contributed by atoms with Crippen molar-refractivity contribution in [1.29, 1.82) is 0 Å². The van der Waals surface area contributed by atoms with E-state index in [0.29, 0.717) is 0 Å². The molecular weight excluding hydrogens is 175 g/mol. The van der Waals surface area contributed by atoms with Crippen molar-refractivity contribution in [3.8, 4) is 0 Å². The van der Waals surface area contributed by atoms with Crippen LogP contribution in [0.3, 0.4) is 0 Å². The van der Waals surface area contributed by atoms with E-state index in [-0.39, 0.29) is 10.5 Å². The van der Waals surface area contributed by atoms with Gasteiger partial charge in [0.25, 0.3) is 11.8 Å².